The van der Waals surface area contributed by atoms with Crippen molar-refractivity contribution >= 4 is 34.8 Å². The van der Waals surface area contributed by atoms with E-state index < -0.39 is 17.9 Å². The lowest BCUT2D eigenvalue weighted by molar-refractivity contribution is -0.153. The van der Waals surface area contributed by atoms with Crippen LogP contribution in [0.3, 0.4) is 0 Å². The quantitative estimate of drug-likeness (QED) is 0.210. The first-order chi connectivity index (χ1) is 23.7. The fourth-order valence-corrected chi connectivity index (χ4v) is 8.81. The number of likely N-dealkylation sites (tertiary alicyclic amines) is 1. The maximum absolute atomic E-state index is 13.5. The van der Waals surface area contributed by atoms with Crippen molar-refractivity contribution in [1.29, 1.82) is 0 Å². The molecule has 4 heterocycles. The molecule has 0 bridgehead atoms. The van der Waals surface area contributed by atoms with Crippen LogP contribution in [0, 0.1) is 23.7 Å². The van der Waals surface area contributed by atoms with Crippen LogP contribution in [-0.2, 0) is 16.0 Å². The number of piperidine rings is 1. The van der Waals surface area contributed by atoms with Gasteiger partial charge in [0.25, 0.3) is 5.91 Å². The molecule has 10 heteroatoms. The van der Waals surface area contributed by atoms with E-state index in [-0.39, 0.29) is 31.3 Å². The Morgan fingerprint density at radius 3 is 2.16 bits per heavy atom. The van der Waals surface area contributed by atoms with Crippen molar-refractivity contribution in [2.75, 3.05) is 31.1 Å². The third kappa shape index (κ3) is 8.51. The molecule has 1 saturated carbocycles. The van der Waals surface area contributed by atoms with E-state index in [0.29, 0.717) is 16.6 Å². The molecule has 1 atom stereocenters. The van der Waals surface area contributed by atoms with Gasteiger partial charge in [0, 0.05) is 43.0 Å². The van der Waals surface area contributed by atoms with Gasteiger partial charge in [-0.2, -0.15) is 0 Å². The lowest BCUT2D eigenvalue weighted by Gasteiger charge is -2.39. The van der Waals surface area contributed by atoms with Gasteiger partial charge in [-0.15, -0.1) is 11.3 Å². The van der Waals surface area contributed by atoms with Crippen molar-refractivity contribution in [2.45, 2.75) is 90.5 Å². The Kier molecular flexibility index (Phi) is 11.3. The van der Waals surface area contributed by atoms with Gasteiger partial charge in [0.2, 0.25) is 5.91 Å². The van der Waals surface area contributed by atoms with E-state index in [4.69, 9.17) is 9.97 Å². The van der Waals surface area contributed by atoms with Gasteiger partial charge in [-0.25, -0.2) is 9.97 Å². The number of hydrogen-bond donors (Lipinski definition) is 2. The van der Waals surface area contributed by atoms with Crippen LogP contribution in [0.1, 0.15) is 98.2 Å². The molecule has 3 aliphatic rings. The number of carboxylic acid groups (broad SMARTS) is 1. The van der Waals surface area contributed by atoms with Crippen molar-refractivity contribution in [3.63, 3.8) is 0 Å². The molecule has 0 radical (unpaired) electrons. The first kappa shape index (κ1) is 35.1. The maximum atomic E-state index is 13.5. The Bertz CT molecular complexity index is 1570. The molecule has 1 aliphatic carbocycles. The summed E-state index contributed by atoms with van der Waals surface area (Å²) in [6, 6.07) is 10.7. The normalized spacial score (nSPS) is 21.0. The fraction of sp³-hybridized carbons (Fsp3) is 0.564. The number of nitrogens with zero attached hydrogens (tertiary/aromatic N) is 4. The Morgan fingerprint density at radius 1 is 0.918 bits per heavy atom. The fourth-order valence-electron chi connectivity index (χ4n) is 7.89. The number of nitrogens with one attached hydrogen (secondary N) is 1. The second-order valence-electron chi connectivity index (χ2n) is 14.7. The average molecular weight is 686 g/mol. The minimum atomic E-state index is -0.907. The maximum Gasteiger partial charge on any atom is 0.310 e. The summed E-state index contributed by atoms with van der Waals surface area (Å²) < 4.78 is 0. The average Bonchev–Trinajstić information content (AvgIpc) is 3.60. The number of rotatable bonds is 12. The Morgan fingerprint density at radius 2 is 1.57 bits per heavy atom. The highest BCUT2D eigenvalue weighted by molar-refractivity contribution is 7.14. The SMILES string of the molecule is CCC[C@H]1CC[C@H](C2CCN(c3cnc(-c4ccc(C[C@H](NC(=O)c5ccc(C(C)C)s5)C(=O)N5CC(C(=O)O)C5)cc4)nc3)CC2)CC1. The number of carbonyl (C=O) groups excluding carboxylic acids is 2. The molecule has 2 aliphatic heterocycles. The van der Waals surface area contributed by atoms with Gasteiger partial charge < -0.3 is 20.2 Å². The molecule has 49 heavy (non-hydrogen) atoms. The predicted molar refractivity (Wildman–Crippen MR) is 194 cm³/mol. The highest BCUT2D eigenvalue weighted by Gasteiger charge is 2.39. The van der Waals surface area contributed by atoms with Crippen LogP contribution in [0.4, 0.5) is 5.69 Å². The molecule has 2 aromatic heterocycles. The molecule has 6 rings (SSSR count). The summed E-state index contributed by atoms with van der Waals surface area (Å²) >= 11 is 1.43. The predicted octanol–water partition coefficient (Wildman–Crippen LogP) is 7.04. The van der Waals surface area contributed by atoms with E-state index in [2.05, 4.69) is 31.0 Å². The second-order valence-corrected chi connectivity index (χ2v) is 15.8. The van der Waals surface area contributed by atoms with E-state index in [1.165, 1.54) is 67.6 Å². The summed E-state index contributed by atoms with van der Waals surface area (Å²) in [7, 11) is 0. The van der Waals surface area contributed by atoms with Gasteiger partial charge >= 0.3 is 5.97 Å². The number of hydrogen-bond acceptors (Lipinski definition) is 7. The lowest BCUT2D eigenvalue weighted by atomic mass is 9.72. The minimum absolute atomic E-state index is 0.154. The summed E-state index contributed by atoms with van der Waals surface area (Å²) in [5.74, 6) is 1.63. The van der Waals surface area contributed by atoms with E-state index in [9.17, 15) is 19.5 Å². The van der Waals surface area contributed by atoms with Crippen LogP contribution in [0.2, 0.25) is 0 Å². The van der Waals surface area contributed by atoms with Crippen LogP contribution in [-0.4, -0.2) is 70.0 Å². The third-order valence-corrected chi connectivity index (χ3v) is 12.4. The van der Waals surface area contributed by atoms with Crippen molar-refractivity contribution in [1.82, 2.24) is 20.2 Å². The smallest absolute Gasteiger partial charge is 0.310 e. The van der Waals surface area contributed by atoms with Gasteiger partial charge in [0.15, 0.2) is 5.82 Å². The summed E-state index contributed by atoms with van der Waals surface area (Å²) in [6.07, 6.45) is 15.1. The molecule has 3 aromatic rings. The van der Waals surface area contributed by atoms with Crippen LogP contribution < -0.4 is 10.2 Å². The van der Waals surface area contributed by atoms with Crippen molar-refractivity contribution < 1.29 is 19.5 Å². The Balaban J connectivity index is 1.05. The third-order valence-electron chi connectivity index (χ3n) is 11.0. The molecule has 2 saturated heterocycles. The van der Waals surface area contributed by atoms with E-state index >= 15 is 0 Å². The largest absolute Gasteiger partial charge is 0.481 e. The molecular weight excluding hydrogens is 635 g/mol. The molecule has 2 N–H and O–H groups in total. The topological polar surface area (TPSA) is 116 Å². The molecule has 9 nitrogen and oxygen atoms in total. The number of carboxylic acids is 1. The number of amides is 2. The molecule has 0 unspecified atom stereocenters. The Hall–Kier alpha value is -3.79. The number of benzene rings is 1. The zero-order chi connectivity index (χ0) is 34.5. The van der Waals surface area contributed by atoms with E-state index in [0.717, 1.165) is 52.5 Å². The monoisotopic (exact) mass is 685 g/mol. The number of carbonyl (C=O) groups is 3. The van der Waals surface area contributed by atoms with E-state index in [1.54, 1.807) is 6.07 Å². The molecular formula is C39H51N5O4S. The number of aromatic nitrogens is 2. The van der Waals surface area contributed by atoms with Crippen LogP contribution in [0.5, 0.6) is 0 Å². The zero-order valence-corrected chi connectivity index (χ0v) is 30.0. The number of thiophene rings is 1. The highest BCUT2D eigenvalue weighted by atomic mass is 32.1. The van der Waals surface area contributed by atoms with Crippen LogP contribution in [0.15, 0.2) is 48.8 Å². The number of anilines is 1. The van der Waals surface area contributed by atoms with Gasteiger partial charge in [-0.3, -0.25) is 14.4 Å². The summed E-state index contributed by atoms with van der Waals surface area (Å²) in [5.41, 5.74) is 2.83. The summed E-state index contributed by atoms with van der Waals surface area (Å²) in [5, 5.41) is 12.2. The number of aliphatic carboxylic acids is 1. The molecule has 262 valence electrons. The lowest BCUT2D eigenvalue weighted by Crippen LogP contribution is -2.59. The van der Waals surface area contributed by atoms with Crippen LogP contribution in [0.25, 0.3) is 11.4 Å². The van der Waals surface area contributed by atoms with Crippen molar-refractivity contribution in [3.8, 4) is 11.4 Å². The van der Waals surface area contributed by atoms with Crippen molar-refractivity contribution in [2.24, 2.45) is 23.7 Å². The standard InChI is InChI=1S/C39H51N5O4S/c1-4-5-26-6-10-28(11-7-26)29-16-18-43(19-17-29)32-21-40-36(41-22-32)30-12-8-27(9-13-30)20-33(38(46)44-23-31(24-44)39(47)48)42-37(45)35-15-14-34(49-35)25(2)3/h8-9,12-15,21-22,25-26,28-29,31,33H,4-7,10-11,16-20,23-24H2,1-3H3,(H,42,45)(H,47,48)/t26-,28-,33-/m0/s1. The van der Waals surface area contributed by atoms with Gasteiger partial charge in [0.1, 0.15) is 6.04 Å². The second kappa shape index (κ2) is 15.8. The van der Waals surface area contributed by atoms with Crippen LogP contribution >= 0.6 is 11.3 Å². The Labute approximate surface area is 294 Å². The summed E-state index contributed by atoms with van der Waals surface area (Å²) in [6.45, 7) is 8.90. The molecule has 3 fully saturated rings. The molecule has 2 amide bonds. The van der Waals surface area contributed by atoms with Gasteiger partial charge in [-0.05, 0) is 67.1 Å². The summed E-state index contributed by atoms with van der Waals surface area (Å²) in [4.78, 5) is 53.0. The van der Waals surface area contributed by atoms with E-state index in [1.807, 2.05) is 42.7 Å². The van der Waals surface area contributed by atoms with Gasteiger partial charge in [0.05, 0.1) is 28.9 Å². The minimum Gasteiger partial charge on any atom is -0.481 e. The first-order valence-electron chi connectivity index (χ1n) is 18.3. The highest BCUT2D eigenvalue weighted by Crippen LogP contribution is 2.39. The molecule has 1 aromatic carbocycles. The van der Waals surface area contributed by atoms with Gasteiger partial charge in [-0.1, -0.05) is 70.7 Å². The first-order valence-corrected chi connectivity index (χ1v) is 19.1. The molecule has 0 spiro atoms. The van der Waals surface area contributed by atoms with Crippen molar-refractivity contribution in [3.05, 3.63) is 64.1 Å². The zero-order valence-electron chi connectivity index (χ0n) is 29.1.